The topological polar surface area (TPSA) is 63.5 Å². The van der Waals surface area contributed by atoms with Crippen molar-refractivity contribution in [3.8, 4) is 0 Å². The van der Waals surface area contributed by atoms with E-state index in [0.717, 1.165) is 11.6 Å². The molecule has 7 heteroatoms. The van der Waals surface area contributed by atoms with E-state index in [-0.39, 0.29) is 34.0 Å². The Balaban J connectivity index is 2.25. The molecule has 0 saturated carbocycles. The molecule has 1 atom stereocenters. The van der Waals surface area contributed by atoms with Gasteiger partial charge in [0.15, 0.2) is 0 Å². The Hall–Kier alpha value is -2.47. The number of benzene rings is 2. The molecule has 2 rings (SSSR count). The molecule has 0 saturated heterocycles. The second-order valence-electron chi connectivity index (χ2n) is 5.06. The maximum Gasteiger partial charge on any atom is 0.270 e. The molecule has 5 nitrogen and oxygen atoms in total. The number of carbonyl (C=O) groups is 1. The SMILES string of the molecule is CC(c1ccc(F)cc1)N(C)C(=O)c1ccc([N+](=O)[O-])cc1Cl. The predicted molar refractivity (Wildman–Crippen MR) is 85.0 cm³/mol. The zero-order valence-electron chi connectivity index (χ0n) is 12.5. The lowest BCUT2D eigenvalue weighted by Gasteiger charge is -2.25. The lowest BCUT2D eigenvalue weighted by molar-refractivity contribution is -0.384. The molecule has 0 aliphatic rings. The number of rotatable bonds is 4. The second-order valence-corrected chi connectivity index (χ2v) is 5.47. The van der Waals surface area contributed by atoms with Crippen LogP contribution in [0.25, 0.3) is 0 Å². The highest BCUT2D eigenvalue weighted by Crippen LogP contribution is 2.26. The summed E-state index contributed by atoms with van der Waals surface area (Å²) in [7, 11) is 1.59. The Bertz CT molecular complexity index is 749. The van der Waals surface area contributed by atoms with Gasteiger partial charge in [-0.1, -0.05) is 23.7 Å². The van der Waals surface area contributed by atoms with Crippen LogP contribution in [0, 0.1) is 15.9 Å². The molecule has 0 spiro atoms. The van der Waals surface area contributed by atoms with Crippen molar-refractivity contribution in [2.45, 2.75) is 13.0 Å². The fraction of sp³-hybridized carbons (Fsp3) is 0.188. The van der Waals surface area contributed by atoms with Crippen molar-refractivity contribution in [3.05, 3.63) is 74.5 Å². The summed E-state index contributed by atoms with van der Waals surface area (Å²) >= 11 is 5.98. The number of non-ortho nitro benzene ring substituents is 1. The van der Waals surface area contributed by atoms with Crippen molar-refractivity contribution >= 4 is 23.2 Å². The number of amides is 1. The number of hydrogen-bond acceptors (Lipinski definition) is 3. The van der Waals surface area contributed by atoms with Crippen LogP contribution in [0.15, 0.2) is 42.5 Å². The van der Waals surface area contributed by atoms with E-state index in [2.05, 4.69) is 0 Å². The number of nitro benzene ring substituents is 1. The Morgan fingerprint density at radius 2 is 1.87 bits per heavy atom. The first kappa shape index (κ1) is 16.9. The molecule has 1 unspecified atom stereocenters. The maximum absolute atomic E-state index is 13.0. The van der Waals surface area contributed by atoms with Gasteiger partial charge in [-0.05, 0) is 30.7 Å². The molecule has 2 aromatic carbocycles. The van der Waals surface area contributed by atoms with Crippen LogP contribution in [0.5, 0.6) is 0 Å². The molecule has 0 heterocycles. The van der Waals surface area contributed by atoms with Crippen LogP contribution in [0.1, 0.15) is 28.9 Å². The third-order valence-corrected chi connectivity index (χ3v) is 3.96. The normalized spacial score (nSPS) is 11.8. The summed E-state index contributed by atoms with van der Waals surface area (Å²) in [6.07, 6.45) is 0. The maximum atomic E-state index is 13.0. The second kappa shape index (κ2) is 6.75. The lowest BCUT2D eigenvalue weighted by atomic mass is 10.1. The molecule has 0 bridgehead atoms. The monoisotopic (exact) mass is 336 g/mol. The van der Waals surface area contributed by atoms with Crippen molar-refractivity contribution in [2.24, 2.45) is 0 Å². The zero-order valence-corrected chi connectivity index (χ0v) is 13.2. The van der Waals surface area contributed by atoms with Gasteiger partial charge in [0.05, 0.1) is 21.6 Å². The standard InChI is InChI=1S/C16H14ClFN2O3/c1-10(11-3-5-12(18)6-4-11)19(2)16(21)14-8-7-13(20(22)23)9-15(14)17/h3-10H,1-2H3. The fourth-order valence-corrected chi connectivity index (χ4v) is 2.38. The van der Waals surface area contributed by atoms with E-state index in [4.69, 9.17) is 11.6 Å². The number of hydrogen-bond donors (Lipinski definition) is 0. The first-order valence-electron chi connectivity index (χ1n) is 6.78. The minimum absolute atomic E-state index is 0.0161. The summed E-state index contributed by atoms with van der Waals surface area (Å²) < 4.78 is 13.0. The van der Waals surface area contributed by atoms with E-state index in [1.165, 1.54) is 29.2 Å². The third-order valence-electron chi connectivity index (χ3n) is 3.65. The third kappa shape index (κ3) is 3.65. The molecule has 1 amide bonds. The fourth-order valence-electron chi connectivity index (χ4n) is 2.12. The van der Waals surface area contributed by atoms with E-state index in [1.807, 2.05) is 0 Å². The summed E-state index contributed by atoms with van der Waals surface area (Å²) in [5, 5.41) is 10.7. The first-order valence-corrected chi connectivity index (χ1v) is 7.15. The van der Waals surface area contributed by atoms with Crippen LogP contribution >= 0.6 is 11.6 Å². The van der Waals surface area contributed by atoms with Crippen LogP contribution in [0.4, 0.5) is 10.1 Å². The molecular weight excluding hydrogens is 323 g/mol. The van der Waals surface area contributed by atoms with Gasteiger partial charge in [-0.15, -0.1) is 0 Å². The van der Waals surface area contributed by atoms with Crippen LogP contribution in [0.3, 0.4) is 0 Å². The van der Waals surface area contributed by atoms with Crippen molar-refractivity contribution in [1.29, 1.82) is 0 Å². The van der Waals surface area contributed by atoms with Crippen LogP contribution < -0.4 is 0 Å². The Kier molecular flexibility index (Phi) is 4.95. The predicted octanol–water partition coefficient (Wildman–Crippen LogP) is 4.22. The highest BCUT2D eigenvalue weighted by molar-refractivity contribution is 6.34. The van der Waals surface area contributed by atoms with E-state index < -0.39 is 4.92 Å². The molecule has 120 valence electrons. The average Bonchev–Trinajstić information content (AvgIpc) is 2.53. The summed E-state index contributed by atoms with van der Waals surface area (Å²) in [6, 6.07) is 9.24. The first-order chi connectivity index (χ1) is 10.8. The van der Waals surface area contributed by atoms with Crippen molar-refractivity contribution in [2.75, 3.05) is 7.05 Å². The van der Waals surface area contributed by atoms with E-state index in [9.17, 15) is 19.3 Å². The van der Waals surface area contributed by atoms with E-state index >= 15 is 0 Å². The summed E-state index contributed by atoms with van der Waals surface area (Å²) in [4.78, 5) is 24.1. The van der Waals surface area contributed by atoms with Gasteiger partial charge in [-0.25, -0.2) is 4.39 Å². The minimum atomic E-state index is -0.578. The van der Waals surface area contributed by atoms with Crippen molar-refractivity contribution < 1.29 is 14.1 Å². The Morgan fingerprint density at radius 3 is 2.39 bits per heavy atom. The number of halogens is 2. The quantitative estimate of drug-likeness (QED) is 0.620. The van der Waals surface area contributed by atoms with Gasteiger partial charge < -0.3 is 4.90 Å². The average molecular weight is 337 g/mol. The largest absolute Gasteiger partial charge is 0.335 e. The molecule has 0 N–H and O–H groups in total. The highest BCUT2D eigenvalue weighted by Gasteiger charge is 2.22. The van der Waals surface area contributed by atoms with Crippen LogP contribution in [-0.4, -0.2) is 22.8 Å². The van der Waals surface area contributed by atoms with Gasteiger partial charge in [0.25, 0.3) is 11.6 Å². The van der Waals surface area contributed by atoms with Gasteiger partial charge in [0.2, 0.25) is 0 Å². The molecule has 0 aromatic heterocycles. The Labute approximate surface area is 137 Å². The number of carbonyl (C=O) groups excluding carboxylic acids is 1. The highest BCUT2D eigenvalue weighted by atomic mass is 35.5. The van der Waals surface area contributed by atoms with Gasteiger partial charge in [0.1, 0.15) is 5.82 Å². The lowest BCUT2D eigenvalue weighted by Crippen LogP contribution is -2.29. The molecule has 0 aliphatic carbocycles. The molecule has 0 fully saturated rings. The molecule has 0 radical (unpaired) electrons. The smallest absolute Gasteiger partial charge is 0.270 e. The molecule has 2 aromatic rings. The summed E-state index contributed by atoms with van der Waals surface area (Å²) in [5.41, 5.74) is 0.759. The summed E-state index contributed by atoms with van der Waals surface area (Å²) in [6.45, 7) is 1.80. The van der Waals surface area contributed by atoms with Crippen LogP contribution in [0.2, 0.25) is 5.02 Å². The van der Waals surface area contributed by atoms with Gasteiger partial charge in [0, 0.05) is 19.2 Å². The van der Waals surface area contributed by atoms with Crippen molar-refractivity contribution in [3.63, 3.8) is 0 Å². The zero-order chi connectivity index (χ0) is 17.1. The molecule has 0 aliphatic heterocycles. The van der Waals surface area contributed by atoms with E-state index in [0.29, 0.717) is 0 Å². The van der Waals surface area contributed by atoms with Crippen LogP contribution in [-0.2, 0) is 0 Å². The van der Waals surface area contributed by atoms with Gasteiger partial charge >= 0.3 is 0 Å². The number of nitro groups is 1. The molecule has 23 heavy (non-hydrogen) atoms. The van der Waals surface area contributed by atoms with E-state index in [1.54, 1.807) is 26.1 Å². The molecular formula is C16H14ClFN2O3. The minimum Gasteiger partial charge on any atom is -0.335 e. The van der Waals surface area contributed by atoms with Gasteiger partial charge in [-0.3, -0.25) is 14.9 Å². The number of nitrogens with zero attached hydrogens (tertiary/aromatic N) is 2. The Morgan fingerprint density at radius 1 is 1.26 bits per heavy atom. The van der Waals surface area contributed by atoms with Crippen molar-refractivity contribution in [1.82, 2.24) is 4.90 Å². The summed E-state index contributed by atoms with van der Waals surface area (Å²) in [5.74, 6) is -0.727. The van der Waals surface area contributed by atoms with Gasteiger partial charge in [-0.2, -0.15) is 0 Å².